The summed E-state index contributed by atoms with van der Waals surface area (Å²) in [6.07, 6.45) is 3.28. The third kappa shape index (κ3) is 4.58. The van der Waals surface area contributed by atoms with Crippen molar-refractivity contribution in [3.8, 4) is 5.75 Å². The Kier molecular flexibility index (Phi) is 7.07. The maximum Gasteiger partial charge on any atom is 0.226 e. The van der Waals surface area contributed by atoms with Crippen LogP contribution in [0.25, 0.3) is 0 Å². The number of benzene rings is 1. The molecule has 0 saturated carbocycles. The standard InChI is InChI=1S/C6H2Br4O.C6H9NO/c7-2-1-3(11)5(9)6(10)4(2)8;1-2-7-5-3-4-6(7)8/h1,11H;2H,1,3-5H2. The monoisotopic (exact) mass is 517 g/mol. The summed E-state index contributed by atoms with van der Waals surface area (Å²) in [6.45, 7) is 4.36. The Hall–Kier alpha value is 0.150. The smallest absolute Gasteiger partial charge is 0.226 e. The van der Waals surface area contributed by atoms with E-state index >= 15 is 0 Å². The molecule has 0 atom stereocenters. The van der Waals surface area contributed by atoms with Crippen LogP contribution in [0.1, 0.15) is 12.8 Å². The molecule has 0 radical (unpaired) electrons. The van der Waals surface area contributed by atoms with Gasteiger partial charge in [0.05, 0.1) is 8.95 Å². The first-order valence-corrected chi connectivity index (χ1v) is 8.49. The first-order valence-electron chi connectivity index (χ1n) is 5.32. The van der Waals surface area contributed by atoms with Gasteiger partial charge in [-0.25, -0.2) is 0 Å². The van der Waals surface area contributed by atoms with Crippen LogP contribution in [0.4, 0.5) is 0 Å². The van der Waals surface area contributed by atoms with E-state index in [9.17, 15) is 9.90 Å². The number of amides is 1. The van der Waals surface area contributed by atoms with Crippen LogP contribution in [0.2, 0.25) is 0 Å². The summed E-state index contributed by atoms with van der Waals surface area (Å²) in [4.78, 5) is 12.3. The van der Waals surface area contributed by atoms with E-state index < -0.39 is 0 Å². The highest BCUT2D eigenvalue weighted by Crippen LogP contribution is 2.41. The van der Waals surface area contributed by atoms with Crippen LogP contribution in [0.5, 0.6) is 5.75 Å². The van der Waals surface area contributed by atoms with Crippen LogP contribution in [-0.4, -0.2) is 22.5 Å². The largest absolute Gasteiger partial charge is 0.507 e. The molecule has 104 valence electrons. The lowest BCUT2D eigenvalue weighted by atomic mass is 10.3. The normalized spacial score (nSPS) is 14.1. The number of hydrogen-bond acceptors (Lipinski definition) is 2. The number of halogens is 4. The molecule has 1 fully saturated rings. The Morgan fingerprint density at radius 1 is 1.21 bits per heavy atom. The molecule has 7 heteroatoms. The van der Waals surface area contributed by atoms with Gasteiger partial charge < -0.3 is 10.0 Å². The molecule has 1 heterocycles. The van der Waals surface area contributed by atoms with Crippen LogP contribution in [0, 0.1) is 0 Å². The van der Waals surface area contributed by atoms with Crippen LogP contribution in [0.15, 0.2) is 36.7 Å². The fourth-order valence-electron chi connectivity index (χ4n) is 1.42. The fraction of sp³-hybridized carbons (Fsp3) is 0.250. The quantitative estimate of drug-likeness (QED) is 0.409. The Bertz CT molecular complexity index is 479. The van der Waals surface area contributed by atoms with Gasteiger partial charge in [0.15, 0.2) is 0 Å². The topological polar surface area (TPSA) is 40.5 Å². The molecule has 0 bridgehead atoms. The molecule has 2 rings (SSSR count). The Balaban J connectivity index is 0.000000200. The highest BCUT2D eigenvalue weighted by molar-refractivity contribution is 9.15. The van der Waals surface area contributed by atoms with Crippen molar-refractivity contribution in [1.29, 1.82) is 0 Å². The predicted molar refractivity (Wildman–Crippen MR) is 90.1 cm³/mol. The molecule has 1 N–H and O–H groups in total. The van der Waals surface area contributed by atoms with Crippen molar-refractivity contribution in [2.75, 3.05) is 6.54 Å². The second-order valence-electron chi connectivity index (χ2n) is 3.69. The summed E-state index contributed by atoms with van der Waals surface area (Å²) in [5, 5.41) is 9.28. The molecule has 1 aromatic carbocycles. The van der Waals surface area contributed by atoms with Crippen LogP contribution >= 0.6 is 63.7 Å². The van der Waals surface area contributed by atoms with Gasteiger partial charge >= 0.3 is 0 Å². The molecule has 0 spiro atoms. The summed E-state index contributed by atoms with van der Waals surface area (Å²) < 4.78 is 3.13. The van der Waals surface area contributed by atoms with E-state index in [2.05, 4.69) is 70.3 Å². The lowest BCUT2D eigenvalue weighted by Crippen LogP contribution is -2.16. The minimum absolute atomic E-state index is 0.201. The van der Waals surface area contributed by atoms with Gasteiger partial charge in [0.25, 0.3) is 0 Å². The molecular formula is C12H11Br4NO2. The number of likely N-dealkylation sites (tertiary alicyclic amines) is 1. The van der Waals surface area contributed by atoms with Gasteiger partial charge in [-0.15, -0.1) is 0 Å². The highest BCUT2D eigenvalue weighted by atomic mass is 79.9. The first kappa shape index (κ1) is 17.2. The van der Waals surface area contributed by atoms with E-state index in [0.717, 1.165) is 26.4 Å². The molecule has 19 heavy (non-hydrogen) atoms. The van der Waals surface area contributed by atoms with Crippen molar-refractivity contribution in [2.45, 2.75) is 12.8 Å². The lowest BCUT2D eigenvalue weighted by Gasteiger charge is -2.05. The predicted octanol–water partition coefficient (Wildman–Crippen LogP) is 5.19. The maximum absolute atomic E-state index is 10.7. The molecule has 1 saturated heterocycles. The molecule has 3 nitrogen and oxygen atoms in total. The summed E-state index contributed by atoms with van der Waals surface area (Å²) in [5.74, 6) is 0.409. The summed E-state index contributed by atoms with van der Waals surface area (Å²) >= 11 is 13.1. The van der Waals surface area contributed by atoms with E-state index in [-0.39, 0.29) is 11.7 Å². The van der Waals surface area contributed by atoms with Crippen molar-refractivity contribution in [3.05, 3.63) is 36.7 Å². The molecule has 1 amide bonds. The van der Waals surface area contributed by atoms with E-state index in [4.69, 9.17) is 0 Å². The molecule has 1 aromatic rings. The highest BCUT2D eigenvalue weighted by Gasteiger charge is 2.16. The van der Waals surface area contributed by atoms with Gasteiger partial charge in [-0.2, -0.15) is 0 Å². The molecule has 1 aliphatic rings. The van der Waals surface area contributed by atoms with Crippen molar-refractivity contribution in [3.63, 3.8) is 0 Å². The van der Waals surface area contributed by atoms with Gasteiger partial charge in [0.2, 0.25) is 5.91 Å². The second-order valence-corrected chi connectivity index (χ2v) is 6.93. The Morgan fingerprint density at radius 3 is 2.26 bits per heavy atom. The lowest BCUT2D eigenvalue weighted by molar-refractivity contribution is -0.125. The van der Waals surface area contributed by atoms with E-state index in [1.165, 1.54) is 0 Å². The van der Waals surface area contributed by atoms with Crippen LogP contribution < -0.4 is 0 Å². The Labute approximate surface area is 145 Å². The average Bonchev–Trinajstić information content (AvgIpc) is 2.80. The summed E-state index contributed by atoms with van der Waals surface area (Å²) in [7, 11) is 0. The molecular weight excluding hydrogens is 510 g/mol. The zero-order chi connectivity index (χ0) is 14.6. The summed E-state index contributed by atoms with van der Waals surface area (Å²) in [5.41, 5.74) is 0. The summed E-state index contributed by atoms with van der Waals surface area (Å²) in [6, 6.07) is 1.61. The molecule has 0 aliphatic carbocycles. The van der Waals surface area contributed by atoms with Gasteiger partial charge in [0, 0.05) is 21.9 Å². The minimum atomic E-state index is 0.201. The number of nitrogens with zero attached hydrogens (tertiary/aromatic N) is 1. The van der Waals surface area contributed by atoms with Crippen LogP contribution in [-0.2, 0) is 4.79 Å². The van der Waals surface area contributed by atoms with E-state index in [1.807, 2.05) is 0 Å². The molecule has 1 aliphatic heterocycles. The van der Waals surface area contributed by atoms with E-state index in [0.29, 0.717) is 10.9 Å². The number of phenols is 1. The number of phenolic OH excluding ortho intramolecular Hbond substituents is 1. The molecule has 0 aromatic heterocycles. The number of carbonyl (C=O) groups excluding carboxylic acids is 1. The maximum atomic E-state index is 10.7. The van der Waals surface area contributed by atoms with Gasteiger partial charge in [0.1, 0.15) is 5.75 Å². The third-order valence-corrected chi connectivity index (χ3v) is 7.05. The SMILES string of the molecule is C=CN1CCCC1=O.Oc1cc(Br)c(Br)c(Br)c1Br. The van der Waals surface area contributed by atoms with Crippen molar-refractivity contribution >= 4 is 69.6 Å². The number of aromatic hydroxyl groups is 1. The first-order chi connectivity index (χ1) is 8.88. The third-order valence-electron chi connectivity index (χ3n) is 2.41. The van der Waals surface area contributed by atoms with Gasteiger partial charge in [-0.05, 0) is 82.4 Å². The van der Waals surface area contributed by atoms with Crippen molar-refractivity contribution in [2.24, 2.45) is 0 Å². The fourth-order valence-corrected chi connectivity index (χ4v) is 3.41. The van der Waals surface area contributed by atoms with Crippen molar-refractivity contribution in [1.82, 2.24) is 4.90 Å². The van der Waals surface area contributed by atoms with Gasteiger partial charge in [-0.3, -0.25) is 4.79 Å². The van der Waals surface area contributed by atoms with E-state index in [1.54, 1.807) is 17.2 Å². The van der Waals surface area contributed by atoms with Crippen molar-refractivity contribution < 1.29 is 9.90 Å². The zero-order valence-electron chi connectivity index (χ0n) is 9.80. The number of rotatable bonds is 1. The van der Waals surface area contributed by atoms with Gasteiger partial charge in [-0.1, -0.05) is 6.58 Å². The average molecular weight is 521 g/mol. The minimum Gasteiger partial charge on any atom is -0.507 e. The molecule has 0 unspecified atom stereocenters. The van der Waals surface area contributed by atoms with Crippen LogP contribution in [0.3, 0.4) is 0 Å². The Morgan fingerprint density at radius 2 is 1.84 bits per heavy atom. The zero-order valence-corrected chi connectivity index (χ0v) is 16.1. The number of carbonyl (C=O) groups is 1. The number of hydrogen-bond donors (Lipinski definition) is 1. The second kappa shape index (κ2) is 7.81.